The van der Waals surface area contributed by atoms with Gasteiger partial charge in [-0.15, -0.1) is 22.6 Å². The van der Waals surface area contributed by atoms with Crippen LogP contribution in [0.5, 0.6) is 11.6 Å². The van der Waals surface area contributed by atoms with Crippen LogP contribution in [0.3, 0.4) is 0 Å². The van der Waals surface area contributed by atoms with Crippen LogP contribution in [0.1, 0.15) is 63.7 Å². The lowest BCUT2D eigenvalue weighted by molar-refractivity contribution is 0.0605. The maximum atomic E-state index is 14.3. The molecule has 2 aromatic rings. The zero-order valence-corrected chi connectivity index (χ0v) is 29.9. The molecule has 0 atom stereocenters. The van der Waals surface area contributed by atoms with Crippen LogP contribution in [0.25, 0.3) is 0 Å². The molecule has 1 amide bonds. The topological polar surface area (TPSA) is 141 Å². The van der Waals surface area contributed by atoms with Crippen molar-refractivity contribution in [1.29, 1.82) is 0 Å². The molecule has 4 aliphatic heterocycles. The van der Waals surface area contributed by atoms with Gasteiger partial charge in [-0.25, -0.2) is 9.37 Å². The van der Waals surface area contributed by atoms with E-state index in [0.717, 1.165) is 58.4 Å². The lowest BCUT2D eigenvalue weighted by atomic mass is 9.72. The van der Waals surface area contributed by atoms with Gasteiger partial charge in [0.05, 0.1) is 5.56 Å². The molecular formula is C32H49ClFN9O4S. The number of halogens is 2. The standard InChI is InChI=1S/C32H48FN9O4S.ClH/c1-22(2)42(23(3)4)31(43)27-15-25(33)5-6-28(27)46-30-29(35-21-36-37-30)39-19-32(20-39)9-13-38(14-10-32)16-24-7-11-40(12-8-24)47(44,45)41-17-26(34)18-41;/h5-6,15,21-24,26H,7-14,16-20,34H2,1-4H3;1H. The van der Waals surface area contributed by atoms with Gasteiger partial charge in [-0.2, -0.15) is 17.0 Å². The van der Waals surface area contributed by atoms with Gasteiger partial charge in [-0.1, -0.05) is 0 Å². The molecule has 48 heavy (non-hydrogen) atoms. The highest BCUT2D eigenvalue weighted by Gasteiger charge is 2.47. The minimum atomic E-state index is -3.38. The number of rotatable bonds is 10. The molecule has 13 nitrogen and oxygen atoms in total. The van der Waals surface area contributed by atoms with Crippen LogP contribution in [0.4, 0.5) is 10.2 Å². The van der Waals surface area contributed by atoms with E-state index in [-0.39, 0.29) is 59.0 Å². The van der Waals surface area contributed by atoms with E-state index in [1.165, 1.54) is 28.8 Å². The highest BCUT2D eigenvalue weighted by atomic mass is 35.5. The van der Waals surface area contributed by atoms with E-state index in [1.807, 2.05) is 27.7 Å². The fourth-order valence-corrected chi connectivity index (χ4v) is 9.32. The summed E-state index contributed by atoms with van der Waals surface area (Å²) < 4.78 is 49.3. The molecule has 266 valence electrons. The zero-order chi connectivity index (χ0) is 33.5. The van der Waals surface area contributed by atoms with Crippen LogP contribution >= 0.6 is 12.4 Å². The maximum Gasteiger partial charge on any atom is 0.282 e. The molecule has 2 N–H and O–H groups in total. The number of piperidine rings is 2. The normalized spacial score (nSPS) is 21.2. The SMILES string of the molecule is CC(C)N(C(=O)c1cc(F)ccc1Oc1nncnc1N1CC2(CCN(CC3CCN(S(=O)(=O)N4CC(N)C4)CC3)CC2)C1)C(C)C.Cl. The number of nitrogens with zero attached hydrogens (tertiary/aromatic N) is 8. The molecule has 1 aromatic carbocycles. The van der Waals surface area contributed by atoms with Crippen LogP contribution in [0, 0.1) is 17.2 Å². The van der Waals surface area contributed by atoms with Crippen LogP contribution in [-0.2, 0) is 10.2 Å². The quantitative estimate of drug-likeness (QED) is 0.392. The molecule has 4 aliphatic rings. The van der Waals surface area contributed by atoms with Gasteiger partial charge in [0, 0.05) is 69.4 Å². The van der Waals surface area contributed by atoms with E-state index in [0.29, 0.717) is 37.9 Å². The Morgan fingerprint density at radius 1 is 1.06 bits per heavy atom. The first-order chi connectivity index (χ1) is 22.3. The molecule has 4 saturated heterocycles. The molecule has 0 aliphatic carbocycles. The first-order valence-electron chi connectivity index (χ1n) is 16.8. The molecule has 1 aromatic heterocycles. The predicted molar refractivity (Wildman–Crippen MR) is 183 cm³/mol. The number of hydrogen-bond donors (Lipinski definition) is 1. The summed E-state index contributed by atoms with van der Waals surface area (Å²) in [6.45, 7) is 14.3. The van der Waals surface area contributed by atoms with Gasteiger partial charge in [-0.05, 0) is 90.6 Å². The molecule has 0 saturated carbocycles. The summed E-state index contributed by atoms with van der Waals surface area (Å²) in [5.74, 6) is 0.615. The lowest BCUT2D eigenvalue weighted by Crippen LogP contribution is -2.62. The molecule has 0 radical (unpaired) electrons. The van der Waals surface area contributed by atoms with Gasteiger partial charge in [0.2, 0.25) is 0 Å². The summed E-state index contributed by atoms with van der Waals surface area (Å²) in [4.78, 5) is 24.4. The average molecular weight is 710 g/mol. The minimum absolute atomic E-state index is 0. The van der Waals surface area contributed by atoms with E-state index >= 15 is 0 Å². The summed E-state index contributed by atoms with van der Waals surface area (Å²) in [6.07, 6.45) is 5.29. The van der Waals surface area contributed by atoms with Crippen LogP contribution < -0.4 is 15.4 Å². The van der Waals surface area contributed by atoms with Crippen molar-refractivity contribution in [2.45, 2.75) is 71.5 Å². The highest BCUT2D eigenvalue weighted by Crippen LogP contribution is 2.44. The second kappa shape index (κ2) is 14.7. The Kier molecular flexibility index (Phi) is 11.2. The van der Waals surface area contributed by atoms with Crippen molar-refractivity contribution in [3.05, 3.63) is 35.9 Å². The summed E-state index contributed by atoms with van der Waals surface area (Å²) in [5, 5.41) is 8.15. The Morgan fingerprint density at radius 2 is 1.71 bits per heavy atom. The molecule has 0 unspecified atom stereocenters. The van der Waals surface area contributed by atoms with Crippen LogP contribution in [0.15, 0.2) is 24.5 Å². The van der Waals surface area contributed by atoms with Crippen LogP contribution in [0.2, 0.25) is 0 Å². The second-order valence-electron chi connectivity index (χ2n) is 14.3. The molecule has 16 heteroatoms. The van der Waals surface area contributed by atoms with E-state index < -0.39 is 16.0 Å². The number of carbonyl (C=O) groups excluding carboxylic acids is 1. The Labute approximate surface area is 289 Å². The third-order valence-corrected chi connectivity index (χ3v) is 12.2. The van der Waals surface area contributed by atoms with Crippen molar-refractivity contribution in [3.8, 4) is 11.6 Å². The Balaban J connectivity index is 0.00000451. The molecule has 4 fully saturated rings. The predicted octanol–water partition coefficient (Wildman–Crippen LogP) is 2.99. The van der Waals surface area contributed by atoms with E-state index in [4.69, 9.17) is 10.5 Å². The van der Waals surface area contributed by atoms with Gasteiger partial charge in [0.1, 0.15) is 17.9 Å². The van der Waals surface area contributed by atoms with Crippen molar-refractivity contribution in [1.82, 2.24) is 33.6 Å². The number of aromatic nitrogens is 3. The Bertz CT molecular complexity index is 1530. The number of nitrogens with two attached hydrogens (primary N) is 1. The van der Waals surface area contributed by atoms with Gasteiger partial charge in [0.15, 0.2) is 5.82 Å². The van der Waals surface area contributed by atoms with Gasteiger partial charge in [0.25, 0.3) is 22.0 Å². The second-order valence-corrected chi connectivity index (χ2v) is 16.2. The fraction of sp³-hybridized carbons (Fsp3) is 0.688. The largest absolute Gasteiger partial charge is 0.434 e. The first-order valence-corrected chi connectivity index (χ1v) is 18.2. The van der Waals surface area contributed by atoms with Crippen molar-refractivity contribution >= 4 is 34.3 Å². The number of ether oxygens (including phenoxy) is 1. The third kappa shape index (κ3) is 7.55. The van der Waals surface area contributed by atoms with Gasteiger partial charge >= 0.3 is 0 Å². The van der Waals surface area contributed by atoms with Crippen molar-refractivity contribution in [3.63, 3.8) is 0 Å². The molecule has 6 rings (SSSR count). The Morgan fingerprint density at radius 3 is 2.31 bits per heavy atom. The number of hydrogen-bond acceptors (Lipinski definition) is 10. The highest BCUT2D eigenvalue weighted by molar-refractivity contribution is 7.86. The minimum Gasteiger partial charge on any atom is -0.434 e. The number of carbonyl (C=O) groups is 1. The first kappa shape index (κ1) is 36.6. The monoisotopic (exact) mass is 709 g/mol. The number of anilines is 1. The molecular weight excluding hydrogens is 661 g/mol. The van der Waals surface area contributed by atoms with Crippen molar-refractivity contribution in [2.24, 2.45) is 17.1 Å². The number of likely N-dealkylation sites (tertiary alicyclic amines) is 1. The summed E-state index contributed by atoms with van der Waals surface area (Å²) in [5.41, 5.74) is 6.11. The van der Waals surface area contributed by atoms with E-state index in [1.54, 1.807) is 9.21 Å². The Hall–Kier alpha value is -2.69. The smallest absolute Gasteiger partial charge is 0.282 e. The third-order valence-electron chi connectivity index (χ3n) is 10.2. The average Bonchev–Trinajstić information content (AvgIpc) is 3.00. The number of benzene rings is 1. The maximum absolute atomic E-state index is 14.3. The molecule has 0 bridgehead atoms. The summed E-state index contributed by atoms with van der Waals surface area (Å²) in [6, 6.07) is 3.73. The molecule has 1 spiro atoms. The van der Waals surface area contributed by atoms with Gasteiger partial charge < -0.3 is 25.2 Å². The van der Waals surface area contributed by atoms with Crippen molar-refractivity contribution < 1.29 is 22.3 Å². The summed E-state index contributed by atoms with van der Waals surface area (Å²) >= 11 is 0. The van der Waals surface area contributed by atoms with Crippen LogP contribution in [-0.4, -0.2) is 125 Å². The molecule has 5 heterocycles. The van der Waals surface area contributed by atoms with Crippen molar-refractivity contribution in [2.75, 3.05) is 63.8 Å². The van der Waals surface area contributed by atoms with E-state index in [2.05, 4.69) is 25.0 Å². The fourth-order valence-electron chi connectivity index (χ4n) is 7.56. The summed E-state index contributed by atoms with van der Waals surface area (Å²) in [7, 11) is -3.38. The zero-order valence-electron chi connectivity index (χ0n) is 28.3. The lowest BCUT2D eigenvalue weighted by Gasteiger charge is -2.54. The van der Waals surface area contributed by atoms with E-state index in [9.17, 15) is 17.6 Å². The van der Waals surface area contributed by atoms with Gasteiger partial charge in [-0.3, -0.25) is 4.79 Å². The number of amides is 1.